The summed E-state index contributed by atoms with van der Waals surface area (Å²) in [4.78, 5) is 16.6. The van der Waals surface area contributed by atoms with Crippen LogP contribution in [0.25, 0.3) is 0 Å². The summed E-state index contributed by atoms with van der Waals surface area (Å²) in [5.41, 5.74) is 0.423. The highest BCUT2D eigenvalue weighted by molar-refractivity contribution is 7.92. The minimum absolute atomic E-state index is 0.0740. The van der Waals surface area contributed by atoms with Gasteiger partial charge in [0.05, 0.1) is 12.3 Å². The normalized spacial score (nSPS) is 15.1. The maximum Gasteiger partial charge on any atom is 0.399 e. The van der Waals surface area contributed by atoms with Crippen molar-refractivity contribution in [2.45, 2.75) is 44.6 Å². The third-order valence-electron chi connectivity index (χ3n) is 5.81. The lowest BCUT2D eigenvalue weighted by Crippen LogP contribution is -2.27. The number of nitrogens with one attached hydrogen (secondary N) is 2. The van der Waals surface area contributed by atoms with Gasteiger partial charge in [0.1, 0.15) is 17.7 Å². The molecule has 1 aromatic heterocycles. The van der Waals surface area contributed by atoms with Crippen LogP contribution in [-0.2, 0) is 10.0 Å². The molecule has 1 aliphatic rings. The van der Waals surface area contributed by atoms with Crippen molar-refractivity contribution < 1.29 is 31.1 Å². The molecule has 1 amide bonds. The van der Waals surface area contributed by atoms with Gasteiger partial charge in [0.15, 0.2) is 17.3 Å². The number of benzene rings is 2. The zero-order valence-electron chi connectivity index (χ0n) is 19.2. The van der Waals surface area contributed by atoms with E-state index >= 15 is 0 Å². The van der Waals surface area contributed by atoms with Crippen molar-refractivity contribution in [3.63, 3.8) is 0 Å². The number of amides is 1. The molecular formula is C24H25F2N3O5S. The number of sulfonamides is 1. The zero-order valence-corrected chi connectivity index (χ0v) is 20.0. The molecule has 1 heterocycles. The van der Waals surface area contributed by atoms with Gasteiger partial charge in [0.2, 0.25) is 10.0 Å². The minimum atomic E-state index is -3.87. The van der Waals surface area contributed by atoms with Crippen LogP contribution in [0.15, 0.2) is 47.1 Å². The number of rotatable bonds is 8. The van der Waals surface area contributed by atoms with E-state index in [1.54, 1.807) is 10.8 Å². The number of oxazole rings is 1. The number of hydrogen-bond donors (Lipinski definition) is 2. The molecule has 0 radical (unpaired) electrons. The molecule has 4 rings (SSSR count). The zero-order chi connectivity index (χ0) is 25.2. The Kier molecular flexibility index (Phi) is 7.06. The van der Waals surface area contributed by atoms with Crippen LogP contribution in [0.3, 0.4) is 0 Å². The number of nitrogens with zero attached hydrogens (tertiary/aromatic N) is 1. The van der Waals surface area contributed by atoms with E-state index in [2.05, 4.69) is 16.4 Å². The lowest BCUT2D eigenvalue weighted by Gasteiger charge is -2.15. The molecule has 1 atom stereocenters. The predicted molar refractivity (Wildman–Crippen MR) is 125 cm³/mol. The summed E-state index contributed by atoms with van der Waals surface area (Å²) in [6.45, 7) is 1.52. The summed E-state index contributed by atoms with van der Waals surface area (Å²) in [6.07, 6.45) is 6.52. The molecule has 0 saturated heterocycles. The van der Waals surface area contributed by atoms with E-state index in [4.69, 9.17) is 9.15 Å². The number of carbonyl (C=O) groups excluding carboxylic acids is 1. The van der Waals surface area contributed by atoms with E-state index in [0.29, 0.717) is 11.7 Å². The van der Waals surface area contributed by atoms with E-state index in [0.717, 1.165) is 37.5 Å². The molecule has 35 heavy (non-hydrogen) atoms. The van der Waals surface area contributed by atoms with Crippen molar-refractivity contribution in [3.8, 4) is 11.8 Å². The predicted octanol–water partition coefficient (Wildman–Crippen LogP) is 5.27. The molecule has 11 heteroatoms. The van der Waals surface area contributed by atoms with Gasteiger partial charge in [0, 0.05) is 0 Å². The lowest BCUT2D eigenvalue weighted by molar-refractivity contribution is 0.0934. The molecule has 8 nitrogen and oxygen atoms in total. The molecule has 2 aromatic carbocycles. The Balaban J connectivity index is 1.41. The van der Waals surface area contributed by atoms with Crippen molar-refractivity contribution in [3.05, 3.63) is 71.1 Å². The van der Waals surface area contributed by atoms with Gasteiger partial charge in [-0.15, -0.1) is 0 Å². The first kappa shape index (κ1) is 24.6. The van der Waals surface area contributed by atoms with Gasteiger partial charge in [-0.25, -0.2) is 17.2 Å². The van der Waals surface area contributed by atoms with E-state index in [9.17, 15) is 22.0 Å². The van der Waals surface area contributed by atoms with E-state index in [-0.39, 0.29) is 17.3 Å². The Morgan fingerprint density at radius 3 is 2.51 bits per heavy atom. The van der Waals surface area contributed by atoms with Crippen LogP contribution in [0, 0.1) is 11.6 Å². The number of anilines is 1. The average molecular weight is 506 g/mol. The molecule has 186 valence electrons. The van der Waals surface area contributed by atoms with Crippen molar-refractivity contribution in [1.82, 2.24) is 10.3 Å². The van der Waals surface area contributed by atoms with Gasteiger partial charge in [0.25, 0.3) is 5.91 Å². The van der Waals surface area contributed by atoms with Crippen molar-refractivity contribution >= 4 is 21.6 Å². The number of carbonyl (C=O) groups is 1. The largest absolute Gasteiger partial charge is 0.416 e. The van der Waals surface area contributed by atoms with Crippen LogP contribution < -0.4 is 14.8 Å². The van der Waals surface area contributed by atoms with E-state index in [1.165, 1.54) is 25.3 Å². The number of ether oxygens (including phenoxy) is 1. The molecule has 1 fully saturated rings. The minimum Gasteiger partial charge on any atom is -0.416 e. The maximum absolute atomic E-state index is 14.3. The summed E-state index contributed by atoms with van der Waals surface area (Å²) < 4.78 is 63.9. The SMILES string of the molecule is C[C@@H](NC(=O)c1coc(Oc2cccc(C3CCCC3)c2)n1)c1cc(F)c(NS(C)(=O)=O)c(F)c1. The summed E-state index contributed by atoms with van der Waals surface area (Å²) in [6, 6.07) is 8.74. The highest BCUT2D eigenvalue weighted by Crippen LogP contribution is 2.36. The lowest BCUT2D eigenvalue weighted by atomic mass is 9.98. The molecular weight excluding hydrogens is 480 g/mol. The van der Waals surface area contributed by atoms with Crippen LogP contribution in [0.4, 0.5) is 14.5 Å². The Morgan fingerprint density at radius 2 is 1.86 bits per heavy atom. The highest BCUT2D eigenvalue weighted by Gasteiger charge is 2.21. The van der Waals surface area contributed by atoms with Crippen molar-refractivity contribution in [1.29, 1.82) is 0 Å². The standard InChI is InChI=1S/C24H25F2N3O5S/c1-14(17-11-19(25)22(20(26)12-17)29-35(2,31)32)27-23(30)21-13-33-24(28-21)34-18-9-5-8-16(10-18)15-6-3-4-7-15/h5,8-15,29H,3-4,6-7H2,1-2H3,(H,27,30)/t14-/m1/s1. The first-order valence-electron chi connectivity index (χ1n) is 11.1. The summed E-state index contributed by atoms with van der Waals surface area (Å²) >= 11 is 0. The molecule has 1 aliphatic carbocycles. The third kappa shape index (κ3) is 6.16. The maximum atomic E-state index is 14.3. The van der Waals surface area contributed by atoms with Gasteiger partial charge in [-0.05, 0) is 61.1 Å². The van der Waals surface area contributed by atoms with Crippen LogP contribution in [-0.4, -0.2) is 25.6 Å². The van der Waals surface area contributed by atoms with Gasteiger partial charge in [-0.3, -0.25) is 9.52 Å². The number of halogens is 2. The smallest absolute Gasteiger partial charge is 0.399 e. The summed E-state index contributed by atoms with van der Waals surface area (Å²) in [5.74, 6) is -1.80. The second-order valence-corrected chi connectivity index (χ2v) is 10.3. The third-order valence-corrected chi connectivity index (χ3v) is 6.38. The first-order valence-corrected chi connectivity index (χ1v) is 13.0. The van der Waals surface area contributed by atoms with Gasteiger partial charge in [-0.2, -0.15) is 4.98 Å². The van der Waals surface area contributed by atoms with Gasteiger partial charge >= 0.3 is 6.08 Å². The summed E-state index contributed by atoms with van der Waals surface area (Å²) in [7, 11) is -3.87. The fraction of sp³-hybridized carbons (Fsp3) is 0.333. The fourth-order valence-corrected chi connectivity index (χ4v) is 4.65. The molecule has 0 spiro atoms. The number of aromatic nitrogens is 1. The van der Waals surface area contributed by atoms with Crippen LogP contribution in [0.5, 0.6) is 11.8 Å². The molecule has 0 bridgehead atoms. The Labute approximate surface area is 201 Å². The highest BCUT2D eigenvalue weighted by atomic mass is 32.2. The van der Waals surface area contributed by atoms with Gasteiger partial charge in [-0.1, -0.05) is 25.0 Å². The molecule has 2 N–H and O–H groups in total. The van der Waals surface area contributed by atoms with E-state index in [1.807, 2.05) is 12.1 Å². The molecule has 3 aromatic rings. The number of hydrogen-bond acceptors (Lipinski definition) is 6. The van der Waals surface area contributed by atoms with Crippen LogP contribution in [0.2, 0.25) is 0 Å². The molecule has 0 unspecified atom stereocenters. The Bertz CT molecular complexity index is 1310. The van der Waals surface area contributed by atoms with Crippen LogP contribution in [0.1, 0.15) is 66.2 Å². The second kappa shape index (κ2) is 10.0. The average Bonchev–Trinajstić information content (AvgIpc) is 3.48. The fourth-order valence-electron chi connectivity index (χ4n) is 4.08. The van der Waals surface area contributed by atoms with Crippen LogP contribution >= 0.6 is 0 Å². The topological polar surface area (TPSA) is 111 Å². The van der Waals surface area contributed by atoms with Crippen molar-refractivity contribution in [2.24, 2.45) is 0 Å². The quantitative estimate of drug-likeness (QED) is 0.432. The monoisotopic (exact) mass is 505 g/mol. The Hall–Kier alpha value is -3.47. The Morgan fingerprint density at radius 1 is 1.17 bits per heavy atom. The van der Waals surface area contributed by atoms with Crippen molar-refractivity contribution in [2.75, 3.05) is 11.0 Å². The molecule has 1 saturated carbocycles. The second-order valence-electron chi connectivity index (χ2n) is 8.58. The summed E-state index contributed by atoms with van der Waals surface area (Å²) in [5, 5.41) is 2.57. The molecule has 0 aliphatic heterocycles. The first-order chi connectivity index (χ1) is 16.6. The van der Waals surface area contributed by atoms with Gasteiger partial charge < -0.3 is 14.5 Å². The van der Waals surface area contributed by atoms with E-state index < -0.39 is 39.3 Å².